The molecule has 0 bridgehead atoms. The third-order valence-corrected chi connectivity index (χ3v) is 2.30. The number of aliphatic hydroxyl groups is 1. The molecule has 1 aromatic rings. The molecule has 0 radical (unpaired) electrons. The zero-order valence-corrected chi connectivity index (χ0v) is 8.86. The van der Waals surface area contributed by atoms with Gasteiger partial charge in [0.05, 0.1) is 5.69 Å². The van der Waals surface area contributed by atoms with Crippen LogP contribution in [0.2, 0.25) is 0 Å². The number of nitrogens with zero attached hydrogens (tertiary/aromatic N) is 2. The van der Waals surface area contributed by atoms with Crippen LogP contribution in [-0.4, -0.2) is 34.7 Å². The Morgan fingerprint density at radius 2 is 2.36 bits per heavy atom. The molecule has 0 aliphatic heterocycles. The van der Waals surface area contributed by atoms with Crippen LogP contribution in [0.25, 0.3) is 0 Å². The van der Waals surface area contributed by atoms with Crippen LogP contribution in [0, 0.1) is 6.92 Å². The molecule has 0 saturated carbocycles. The fourth-order valence-electron chi connectivity index (χ4n) is 1.34. The second-order valence-corrected chi connectivity index (χ2v) is 3.30. The molecule has 0 saturated heterocycles. The van der Waals surface area contributed by atoms with Gasteiger partial charge in [-0.15, -0.1) is 0 Å². The second-order valence-electron chi connectivity index (χ2n) is 3.30. The number of hydrogen-bond donors (Lipinski definition) is 1. The van der Waals surface area contributed by atoms with E-state index in [-0.39, 0.29) is 6.61 Å². The molecule has 1 aromatic heterocycles. The monoisotopic (exact) mass is 198 g/mol. The zero-order chi connectivity index (χ0) is 10.4. The van der Waals surface area contributed by atoms with Crippen LogP contribution in [0.3, 0.4) is 0 Å². The molecule has 0 aromatic carbocycles. The van der Waals surface area contributed by atoms with E-state index in [1.807, 2.05) is 6.92 Å². The molecule has 0 fully saturated rings. The first-order valence-corrected chi connectivity index (χ1v) is 5.00. The summed E-state index contributed by atoms with van der Waals surface area (Å²) in [5.41, 5.74) is 0.991. The van der Waals surface area contributed by atoms with Gasteiger partial charge in [0, 0.05) is 19.7 Å². The number of oxazole rings is 1. The van der Waals surface area contributed by atoms with Gasteiger partial charge < -0.3 is 9.52 Å². The summed E-state index contributed by atoms with van der Waals surface area (Å²) in [5, 5.41) is 8.73. The quantitative estimate of drug-likeness (QED) is 0.746. The molecular formula is C10H18N2O2. The summed E-state index contributed by atoms with van der Waals surface area (Å²) in [5.74, 6) is 0.882. The van der Waals surface area contributed by atoms with Gasteiger partial charge in [-0.05, 0) is 19.9 Å². The Bertz CT molecular complexity index is 260. The molecular weight excluding hydrogens is 180 g/mol. The Hall–Kier alpha value is -0.870. The lowest BCUT2D eigenvalue weighted by Gasteiger charge is -2.18. The van der Waals surface area contributed by atoms with Gasteiger partial charge in [0.15, 0.2) is 6.39 Å². The van der Waals surface area contributed by atoms with Gasteiger partial charge in [0.1, 0.15) is 5.76 Å². The standard InChI is InChI=1S/C10H18N2O2/c1-3-12(5-4-6-13)7-10-9(2)14-8-11-10/h8,13H,3-7H2,1-2H3. The van der Waals surface area contributed by atoms with Crippen LogP contribution < -0.4 is 0 Å². The Morgan fingerprint density at radius 1 is 1.57 bits per heavy atom. The van der Waals surface area contributed by atoms with Gasteiger partial charge in [0.2, 0.25) is 0 Å². The van der Waals surface area contributed by atoms with Gasteiger partial charge in [-0.1, -0.05) is 6.92 Å². The Balaban J connectivity index is 2.44. The Morgan fingerprint density at radius 3 is 2.86 bits per heavy atom. The van der Waals surface area contributed by atoms with Crippen molar-refractivity contribution in [3.05, 3.63) is 17.8 Å². The molecule has 0 atom stereocenters. The summed E-state index contributed by atoms with van der Waals surface area (Å²) in [4.78, 5) is 6.38. The predicted molar refractivity (Wildman–Crippen MR) is 53.9 cm³/mol. The van der Waals surface area contributed by atoms with Crippen molar-refractivity contribution in [1.29, 1.82) is 0 Å². The van der Waals surface area contributed by atoms with E-state index in [4.69, 9.17) is 9.52 Å². The van der Waals surface area contributed by atoms with Gasteiger partial charge in [-0.2, -0.15) is 0 Å². The average Bonchev–Trinajstić information content (AvgIpc) is 2.59. The SMILES string of the molecule is CCN(CCCO)Cc1ncoc1C. The van der Waals surface area contributed by atoms with E-state index in [0.29, 0.717) is 0 Å². The largest absolute Gasteiger partial charge is 0.448 e. The first-order chi connectivity index (χ1) is 6.77. The van der Waals surface area contributed by atoms with Crippen LogP contribution in [0.4, 0.5) is 0 Å². The van der Waals surface area contributed by atoms with Crippen LogP contribution in [0.1, 0.15) is 24.8 Å². The van der Waals surface area contributed by atoms with Crippen molar-refractivity contribution in [2.24, 2.45) is 0 Å². The molecule has 1 heterocycles. The third kappa shape index (κ3) is 3.12. The normalized spacial score (nSPS) is 11.1. The number of rotatable bonds is 6. The van der Waals surface area contributed by atoms with E-state index in [1.165, 1.54) is 6.39 Å². The highest BCUT2D eigenvalue weighted by molar-refractivity contribution is 5.04. The lowest BCUT2D eigenvalue weighted by Crippen LogP contribution is -2.25. The van der Waals surface area contributed by atoms with Gasteiger partial charge in [-0.25, -0.2) is 4.98 Å². The minimum Gasteiger partial charge on any atom is -0.448 e. The summed E-state index contributed by atoms with van der Waals surface area (Å²) in [6.45, 7) is 6.94. The highest BCUT2D eigenvalue weighted by Crippen LogP contribution is 2.08. The van der Waals surface area contributed by atoms with E-state index >= 15 is 0 Å². The minimum atomic E-state index is 0.244. The molecule has 0 amide bonds. The fraction of sp³-hybridized carbons (Fsp3) is 0.700. The van der Waals surface area contributed by atoms with Crippen molar-refractivity contribution >= 4 is 0 Å². The second kappa shape index (κ2) is 5.78. The van der Waals surface area contributed by atoms with Crippen molar-refractivity contribution in [3.8, 4) is 0 Å². The smallest absolute Gasteiger partial charge is 0.181 e. The molecule has 0 aliphatic rings. The lowest BCUT2D eigenvalue weighted by molar-refractivity contribution is 0.223. The van der Waals surface area contributed by atoms with Gasteiger partial charge in [-0.3, -0.25) is 4.90 Å². The van der Waals surface area contributed by atoms with E-state index in [1.54, 1.807) is 0 Å². The van der Waals surface area contributed by atoms with E-state index in [0.717, 1.165) is 37.5 Å². The Labute approximate surface area is 84.6 Å². The van der Waals surface area contributed by atoms with E-state index < -0.39 is 0 Å². The summed E-state index contributed by atoms with van der Waals surface area (Å²) in [6, 6.07) is 0. The van der Waals surface area contributed by atoms with Crippen molar-refractivity contribution in [3.63, 3.8) is 0 Å². The third-order valence-electron chi connectivity index (χ3n) is 2.30. The molecule has 1 N–H and O–H groups in total. The topological polar surface area (TPSA) is 49.5 Å². The fourth-order valence-corrected chi connectivity index (χ4v) is 1.34. The van der Waals surface area contributed by atoms with E-state index in [9.17, 15) is 0 Å². The first kappa shape index (κ1) is 11.2. The molecule has 4 heteroatoms. The predicted octanol–water partition coefficient (Wildman–Crippen LogP) is 1.19. The van der Waals surface area contributed by atoms with Crippen LogP contribution in [0.5, 0.6) is 0 Å². The average molecular weight is 198 g/mol. The molecule has 0 aliphatic carbocycles. The maximum atomic E-state index is 8.73. The molecule has 80 valence electrons. The summed E-state index contributed by atoms with van der Waals surface area (Å²) >= 11 is 0. The van der Waals surface area contributed by atoms with Crippen molar-refractivity contribution in [1.82, 2.24) is 9.88 Å². The first-order valence-electron chi connectivity index (χ1n) is 5.00. The van der Waals surface area contributed by atoms with Crippen molar-refractivity contribution < 1.29 is 9.52 Å². The van der Waals surface area contributed by atoms with Crippen LogP contribution in [-0.2, 0) is 6.54 Å². The molecule has 1 rings (SSSR count). The molecule has 0 unspecified atom stereocenters. The van der Waals surface area contributed by atoms with Crippen molar-refractivity contribution in [2.75, 3.05) is 19.7 Å². The highest BCUT2D eigenvalue weighted by atomic mass is 16.3. The number of aromatic nitrogens is 1. The van der Waals surface area contributed by atoms with Crippen LogP contribution >= 0.6 is 0 Å². The number of aliphatic hydroxyl groups excluding tert-OH is 1. The number of aryl methyl sites for hydroxylation is 1. The summed E-state index contributed by atoms with van der Waals surface area (Å²) in [6.07, 6.45) is 2.29. The molecule has 14 heavy (non-hydrogen) atoms. The minimum absolute atomic E-state index is 0.244. The maximum absolute atomic E-state index is 8.73. The molecule has 0 spiro atoms. The van der Waals surface area contributed by atoms with E-state index in [2.05, 4.69) is 16.8 Å². The summed E-state index contributed by atoms with van der Waals surface area (Å²) in [7, 11) is 0. The lowest BCUT2D eigenvalue weighted by atomic mass is 10.3. The number of hydrogen-bond acceptors (Lipinski definition) is 4. The van der Waals surface area contributed by atoms with Crippen molar-refractivity contribution in [2.45, 2.75) is 26.8 Å². The van der Waals surface area contributed by atoms with Crippen LogP contribution in [0.15, 0.2) is 10.8 Å². The zero-order valence-electron chi connectivity index (χ0n) is 8.86. The van der Waals surface area contributed by atoms with Gasteiger partial charge in [0.25, 0.3) is 0 Å². The summed E-state index contributed by atoms with van der Waals surface area (Å²) < 4.78 is 5.13. The van der Waals surface area contributed by atoms with Gasteiger partial charge >= 0.3 is 0 Å². The maximum Gasteiger partial charge on any atom is 0.181 e. The highest BCUT2D eigenvalue weighted by Gasteiger charge is 2.08. The molecule has 4 nitrogen and oxygen atoms in total. The Kier molecular flexibility index (Phi) is 4.62.